The van der Waals surface area contributed by atoms with Gasteiger partial charge in [-0.3, -0.25) is 14.5 Å². The molecule has 0 bridgehead atoms. The van der Waals surface area contributed by atoms with Crippen molar-refractivity contribution in [3.63, 3.8) is 0 Å². The maximum absolute atomic E-state index is 13.2. The molecule has 9 heteroatoms. The number of carbonyl (C=O) groups excluding carboxylic acids is 1. The molecule has 2 aliphatic rings. The third kappa shape index (κ3) is 5.47. The van der Waals surface area contributed by atoms with Crippen molar-refractivity contribution >= 4 is 17.2 Å². The molecule has 9 nitrogen and oxygen atoms in total. The average molecular weight is 493 g/mol. The summed E-state index contributed by atoms with van der Waals surface area (Å²) in [6.45, 7) is 4.58. The zero-order valence-corrected chi connectivity index (χ0v) is 20.9. The van der Waals surface area contributed by atoms with Gasteiger partial charge in [-0.2, -0.15) is 0 Å². The second kappa shape index (κ2) is 11.3. The van der Waals surface area contributed by atoms with Gasteiger partial charge in [0.25, 0.3) is 0 Å². The number of methoxy groups -OCH3 is 1. The first-order chi connectivity index (χ1) is 17.6. The van der Waals surface area contributed by atoms with E-state index in [1.165, 1.54) is 5.56 Å². The van der Waals surface area contributed by atoms with Gasteiger partial charge in [-0.1, -0.05) is 30.3 Å². The molecule has 0 saturated carbocycles. The molecule has 3 aromatic rings. The number of hydrogen-bond donors (Lipinski definition) is 2. The van der Waals surface area contributed by atoms with Crippen LogP contribution in [0.3, 0.4) is 0 Å². The van der Waals surface area contributed by atoms with Crippen LogP contribution >= 0.6 is 0 Å². The number of amides is 2. The normalized spacial score (nSPS) is 22.0. The molecule has 2 atom stereocenters. The van der Waals surface area contributed by atoms with Crippen molar-refractivity contribution in [3.8, 4) is 0 Å². The minimum atomic E-state index is -0.130. The van der Waals surface area contributed by atoms with Gasteiger partial charge < -0.3 is 15.0 Å². The number of hydrogen-bond acceptors (Lipinski definition) is 5. The summed E-state index contributed by atoms with van der Waals surface area (Å²) in [5.74, 6) is 0.449. The topological polar surface area (TPSA) is 95.5 Å². The smallest absolute Gasteiger partial charge is 0.327 e. The van der Waals surface area contributed by atoms with Gasteiger partial charge in [0.2, 0.25) is 0 Å². The van der Waals surface area contributed by atoms with Crippen molar-refractivity contribution in [2.45, 2.75) is 43.7 Å². The highest BCUT2D eigenvalue weighted by Gasteiger charge is 2.30. The second-order valence-electron chi connectivity index (χ2n) is 9.97. The summed E-state index contributed by atoms with van der Waals surface area (Å²) in [5, 5.41) is 3.32. The van der Waals surface area contributed by atoms with Crippen molar-refractivity contribution in [1.82, 2.24) is 29.7 Å². The lowest BCUT2D eigenvalue weighted by Gasteiger charge is -2.34. The number of piperidine rings is 1. The first kappa shape index (κ1) is 24.5. The van der Waals surface area contributed by atoms with Crippen LogP contribution < -0.4 is 11.0 Å². The Morgan fingerprint density at radius 2 is 1.89 bits per heavy atom. The van der Waals surface area contributed by atoms with E-state index >= 15 is 0 Å². The summed E-state index contributed by atoms with van der Waals surface area (Å²) in [6.07, 6.45) is 5.16. The zero-order chi connectivity index (χ0) is 24.9. The van der Waals surface area contributed by atoms with Crippen molar-refractivity contribution in [3.05, 3.63) is 64.7 Å². The van der Waals surface area contributed by atoms with E-state index in [0.717, 1.165) is 50.8 Å². The first-order valence-electron chi connectivity index (χ1n) is 13.0. The van der Waals surface area contributed by atoms with E-state index in [0.29, 0.717) is 31.3 Å². The summed E-state index contributed by atoms with van der Waals surface area (Å²) in [6, 6.07) is 14.6. The van der Waals surface area contributed by atoms with Gasteiger partial charge in [-0.25, -0.2) is 14.6 Å². The average Bonchev–Trinajstić information content (AvgIpc) is 3.11. The molecule has 36 heavy (non-hydrogen) atoms. The number of nitrogens with one attached hydrogen (secondary N) is 2. The molecule has 5 rings (SSSR count). The van der Waals surface area contributed by atoms with Gasteiger partial charge in [0, 0.05) is 58.1 Å². The standard InChI is InChI=1S/C27H36N6O3/c1-36-17-16-31-18-21(20-6-3-2-4-7-20)9-10-22(19-31)29-26(34)32-14-11-23(12-15-32)33-24-8-5-13-28-25(24)30-27(33)35/h2-8,13,21-23H,9-12,14-19H2,1H3,(H,29,34)(H,28,30,35). The van der Waals surface area contributed by atoms with E-state index in [-0.39, 0.29) is 23.8 Å². The quantitative estimate of drug-likeness (QED) is 0.552. The van der Waals surface area contributed by atoms with Gasteiger partial charge in [-0.15, -0.1) is 0 Å². The molecule has 2 aromatic heterocycles. The molecule has 0 spiro atoms. The lowest BCUT2D eigenvalue weighted by atomic mass is 9.94. The van der Waals surface area contributed by atoms with Crippen molar-refractivity contribution in [2.24, 2.45) is 0 Å². The van der Waals surface area contributed by atoms with Crippen molar-refractivity contribution in [1.29, 1.82) is 0 Å². The van der Waals surface area contributed by atoms with Crippen LogP contribution in [0.4, 0.5) is 4.79 Å². The maximum atomic E-state index is 13.2. The number of nitrogens with zero attached hydrogens (tertiary/aromatic N) is 4. The summed E-state index contributed by atoms with van der Waals surface area (Å²) >= 11 is 0. The van der Waals surface area contributed by atoms with Gasteiger partial charge in [0.1, 0.15) is 0 Å². The number of urea groups is 1. The van der Waals surface area contributed by atoms with E-state index in [1.54, 1.807) is 17.9 Å². The molecule has 0 radical (unpaired) electrons. The molecule has 2 fully saturated rings. The monoisotopic (exact) mass is 492 g/mol. The highest BCUT2D eigenvalue weighted by Crippen LogP contribution is 2.27. The Balaban J connectivity index is 1.20. The van der Waals surface area contributed by atoms with Crippen LogP contribution in [0.25, 0.3) is 11.2 Å². The molecule has 1 aromatic carbocycles. The third-order valence-electron chi connectivity index (χ3n) is 7.64. The number of carbonyl (C=O) groups is 1. The number of likely N-dealkylation sites (tertiary alicyclic amines) is 2. The fourth-order valence-corrected chi connectivity index (χ4v) is 5.71. The molecular weight excluding hydrogens is 456 g/mol. The predicted octanol–water partition coefficient (Wildman–Crippen LogP) is 2.97. The predicted molar refractivity (Wildman–Crippen MR) is 139 cm³/mol. The van der Waals surface area contributed by atoms with E-state index in [9.17, 15) is 9.59 Å². The van der Waals surface area contributed by atoms with E-state index < -0.39 is 0 Å². The third-order valence-corrected chi connectivity index (χ3v) is 7.64. The van der Waals surface area contributed by atoms with Crippen LogP contribution in [-0.4, -0.2) is 82.8 Å². The Kier molecular flexibility index (Phi) is 7.67. The number of ether oxygens (including phenoxy) is 1. The molecule has 2 N–H and O–H groups in total. The maximum Gasteiger partial charge on any atom is 0.327 e. The second-order valence-corrected chi connectivity index (χ2v) is 9.97. The minimum absolute atomic E-state index is 0.00348. The molecule has 0 aliphatic carbocycles. The summed E-state index contributed by atoms with van der Waals surface area (Å²) in [4.78, 5) is 37.2. The molecule has 192 valence electrons. The Labute approximate surface area is 211 Å². The lowest BCUT2D eigenvalue weighted by molar-refractivity contribution is 0.139. The van der Waals surface area contributed by atoms with E-state index in [2.05, 4.69) is 50.5 Å². The summed E-state index contributed by atoms with van der Waals surface area (Å²) in [5.41, 5.74) is 2.67. The Morgan fingerprint density at radius 1 is 1.08 bits per heavy atom. The van der Waals surface area contributed by atoms with Gasteiger partial charge >= 0.3 is 11.7 Å². The summed E-state index contributed by atoms with van der Waals surface area (Å²) in [7, 11) is 1.73. The zero-order valence-electron chi connectivity index (χ0n) is 20.9. The highest BCUT2D eigenvalue weighted by molar-refractivity contribution is 5.74. The fraction of sp³-hybridized carbons (Fsp3) is 0.519. The lowest BCUT2D eigenvalue weighted by Crippen LogP contribution is -2.51. The van der Waals surface area contributed by atoms with E-state index in [1.807, 2.05) is 17.0 Å². The number of pyridine rings is 1. The molecular formula is C27H36N6O3. The Hall–Kier alpha value is -3.17. The number of H-pyrrole nitrogens is 1. The Morgan fingerprint density at radius 3 is 2.67 bits per heavy atom. The fourth-order valence-electron chi connectivity index (χ4n) is 5.71. The van der Waals surface area contributed by atoms with Gasteiger partial charge in [-0.05, 0) is 49.3 Å². The number of aromatic amines is 1. The minimum Gasteiger partial charge on any atom is -0.383 e. The summed E-state index contributed by atoms with van der Waals surface area (Å²) < 4.78 is 7.15. The van der Waals surface area contributed by atoms with Crippen LogP contribution in [0.15, 0.2) is 53.5 Å². The first-order valence-corrected chi connectivity index (χ1v) is 13.0. The van der Waals surface area contributed by atoms with Crippen molar-refractivity contribution in [2.75, 3.05) is 46.4 Å². The SMILES string of the molecule is COCCN1CC(NC(=O)N2CCC(n3c(=O)[nH]c4ncccc43)CC2)CCC(c2ccccc2)C1. The highest BCUT2D eigenvalue weighted by atomic mass is 16.5. The largest absolute Gasteiger partial charge is 0.383 e. The number of aromatic nitrogens is 3. The van der Waals surface area contributed by atoms with Crippen LogP contribution in [0.5, 0.6) is 0 Å². The molecule has 2 aliphatic heterocycles. The Bertz CT molecular complexity index is 1200. The van der Waals surface area contributed by atoms with Crippen LogP contribution in [0, 0.1) is 0 Å². The van der Waals surface area contributed by atoms with Crippen LogP contribution in [-0.2, 0) is 4.74 Å². The number of fused-ring (bicyclic) bond motifs is 1. The van der Waals surface area contributed by atoms with Crippen molar-refractivity contribution < 1.29 is 9.53 Å². The number of benzene rings is 1. The van der Waals surface area contributed by atoms with Crippen LogP contribution in [0.2, 0.25) is 0 Å². The van der Waals surface area contributed by atoms with E-state index in [4.69, 9.17) is 4.74 Å². The molecule has 2 saturated heterocycles. The molecule has 2 unspecified atom stereocenters. The van der Waals surface area contributed by atoms with Gasteiger partial charge in [0.15, 0.2) is 5.65 Å². The van der Waals surface area contributed by atoms with Crippen LogP contribution in [0.1, 0.15) is 43.2 Å². The number of imidazole rings is 1. The molecule has 4 heterocycles. The number of rotatable bonds is 6. The van der Waals surface area contributed by atoms with Gasteiger partial charge in [0.05, 0.1) is 12.1 Å². The molecule has 2 amide bonds.